The highest BCUT2D eigenvalue weighted by Crippen LogP contribution is 2.32. The molecule has 7 nitrogen and oxygen atoms in total. The predicted octanol–water partition coefficient (Wildman–Crippen LogP) is 2.90. The van der Waals surface area contributed by atoms with Gasteiger partial charge in [-0.2, -0.15) is 4.31 Å². The Morgan fingerprint density at radius 2 is 1.50 bits per heavy atom. The van der Waals surface area contributed by atoms with Crippen molar-refractivity contribution in [3.8, 4) is 0 Å². The molecule has 3 rings (SSSR count). The molecule has 0 bridgehead atoms. The van der Waals surface area contributed by atoms with E-state index in [1.165, 1.54) is 34.0 Å². The molecule has 30 heavy (non-hydrogen) atoms. The van der Waals surface area contributed by atoms with E-state index in [2.05, 4.69) is 4.90 Å². The summed E-state index contributed by atoms with van der Waals surface area (Å²) >= 11 is 12.2. The van der Waals surface area contributed by atoms with Gasteiger partial charge in [0.1, 0.15) is 4.90 Å². The van der Waals surface area contributed by atoms with Gasteiger partial charge in [-0.05, 0) is 29.8 Å². The highest BCUT2D eigenvalue weighted by molar-refractivity contribution is 7.89. The Morgan fingerprint density at radius 1 is 0.933 bits per heavy atom. The average Bonchev–Trinajstić information content (AvgIpc) is 2.67. The Bertz CT molecular complexity index is 1110. The third-order valence-electron chi connectivity index (χ3n) is 5.00. The summed E-state index contributed by atoms with van der Waals surface area (Å²) in [5.74, 6) is 0. The molecule has 0 amide bonds. The summed E-state index contributed by atoms with van der Waals surface area (Å²) in [5.41, 5.74) is 1.78. The molecular formula is C19H23Cl2N3O4S2. The minimum absolute atomic E-state index is 0.0624. The second kappa shape index (κ2) is 9.02. The van der Waals surface area contributed by atoms with Gasteiger partial charge in [-0.15, -0.1) is 0 Å². The van der Waals surface area contributed by atoms with Crippen LogP contribution < -0.4 is 4.90 Å². The van der Waals surface area contributed by atoms with Crippen molar-refractivity contribution >= 4 is 48.9 Å². The summed E-state index contributed by atoms with van der Waals surface area (Å²) in [6, 6.07) is 12.2. The molecule has 1 fully saturated rings. The van der Waals surface area contributed by atoms with Gasteiger partial charge in [-0.25, -0.2) is 21.1 Å². The van der Waals surface area contributed by atoms with Crippen LogP contribution in [0.1, 0.15) is 5.56 Å². The maximum atomic E-state index is 13.0. The second-order valence-electron chi connectivity index (χ2n) is 7.13. The third-order valence-corrected chi connectivity index (χ3v) is 9.12. The molecule has 1 heterocycles. The van der Waals surface area contributed by atoms with Crippen molar-refractivity contribution in [2.45, 2.75) is 11.4 Å². The lowest BCUT2D eigenvalue weighted by atomic mass is 10.1. The van der Waals surface area contributed by atoms with Gasteiger partial charge in [0.05, 0.1) is 16.3 Å². The van der Waals surface area contributed by atoms with Gasteiger partial charge in [-0.3, -0.25) is 0 Å². The number of benzene rings is 2. The molecule has 0 N–H and O–H groups in total. The Hall–Kier alpha value is -1.36. The fourth-order valence-electron chi connectivity index (χ4n) is 3.27. The summed E-state index contributed by atoms with van der Waals surface area (Å²) in [4.78, 5) is 2.01. The molecule has 1 aliphatic heterocycles. The molecule has 0 atom stereocenters. The van der Waals surface area contributed by atoms with E-state index in [4.69, 9.17) is 23.2 Å². The average molecular weight is 492 g/mol. The molecule has 0 aromatic heterocycles. The Kier molecular flexibility index (Phi) is 7.01. The molecule has 164 valence electrons. The van der Waals surface area contributed by atoms with Crippen molar-refractivity contribution in [1.82, 2.24) is 8.61 Å². The maximum Gasteiger partial charge on any atom is 0.246 e. The lowest BCUT2D eigenvalue weighted by Gasteiger charge is -2.35. The molecule has 2 aromatic carbocycles. The van der Waals surface area contributed by atoms with Gasteiger partial charge in [0.25, 0.3) is 0 Å². The van der Waals surface area contributed by atoms with Crippen LogP contribution >= 0.6 is 23.2 Å². The summed E-state index contributed by atoms with van der Waals surface area (Å²) in [6.07, 6.45) is 1.17. The lowest BCUT2D eigenvalue weighted by Crippen LogP contribution is -2.48. The van der Waals surface area contributed by atoms with Crippen LogP contribution in [0, 0.1) is 0 Å². The third kappa shape index (κ3) is 5.09. The van der Waals surface area contributed by atoms with E-state index in [0.29, 0.717) is 13.1 Å². The van der Waals surface area contributed by atoms with E-state index >= 15 is 0 Å². The monoisotopic (exact) mass is 491 g/mol. The molecule has 0 spiro atoms. The zero-order chi connectivity index (χ0) is 22.1. The van der Waals surface area contributed by atoms with E-state index in [9.17, 15) is 16.8 Å². The molecular weight excluding hydrogens is 469 g/mol. The van der Waals surface area contributed by atoms with Crippen LogP contribution in [0.3, 0.4) is 0 Å². The van der Waals surface area contributed by atoms with E-state index in [0.717, 1.165) is 11.3 Å². The van der Waals surface area contributed by atoms with E-state index in [1.807, 2.05) is 24.3 Å². The van der Waals surface area contributed by atoms with Gasteiger partial charge in [0.2, 0.25) is 20.0 Å². The largest absolute Gasteiger partial charge is 0.369 e. The molecule has 0 unspecified atom stereocenters. The quantitative estimate of drug-likeness (QED) is 0.620. The van der Waals surface area contributed by atoms with E-state index in [-0.39, 0.29) is 34.6 Å². The molecule has 11 heteroatoms. The fourth-order valence-corrected chi connectivity index (χ4v) is 6.17. The topological polar surface area (TPSA) is 78.0 Å². The number of halogens is 2. The number of anilines is 1. The zero-order valence-corrected chi connectivity index (χ0v) is 19.8. The van der Waals surface area contributed by atoms with E-state index in [1.54, 1.807) is 6.07 Å². The normalized spacial score (nSPS) is 16.2. The zero-order valence-electron chi connectivity index (χ0n) is 16.6. The number of piperazine rings is 1. The standard InChI is InChI=1S/C19H23Cl2N3O4S2/c1-22(29(2,25)26)14-15-5-3-6-16(13-15)23-9-11-24(12-10-23)30(27,28)19-17(20)7-4-8-18(19)21/h3-8,13H,9-12,14H2,1-2H3. The van der Waals surface area contributed by atoms with Gasteiger partial charge in [0.15, 0.2) is 0 Å². The molecule has 0 aliphatic carbocycles. The number of nitrogens with zero attached hydrogens (tertiary/aromatic N) is 3. The minimum atomic E-state index is -3.80. The number of sulfonamides is 2. The molecule has 0 saturated carbocycles. The molecule has 1 aliphatic rings. The maximum absolute atomic E-state index is 13.0. The molecule has 1 saturated heterocycles. The highest BCUT2D eigenvalue weighted by atomic mass is 35.5. The van der Waals surface area contributed by atoms with Gasteiger partial charge in [-0.1, -0.05) is 41.4 Å². The van der Waals surface area contributed by atoms with Crippen LogP contribution in [0.5, 0.6) is 0 Å². The summed E-state index contributed by atoms with van der Waals surface area (Å²) in [5, 5.41) is 0.209. The first-order valence-corrected chi connectivity index (χ1v) is 13.2. The second-order valence-corrected chi connectivity index (χ2v) is 11.9. The minimum Gasteiger partial charge on any atom is -0.369 e. The predicted molar refractivity (Wildman–Crippen MR) is 120 cm³/mol. The van der Waals surface area contributed by atoms with E-state index < -0.39 is 20.0 Å². The van der Waals surface area contributed by atoms with Crippen LogP contribution in [-0.4, -0.2) is 64.9 Å². The number of hydrogen-bond donors (Lipinski definition) is 0. The van der Waals surface area contributed by atoms with Crippen LogP contribution in [0.4, 0.5) is 5.69 Å². The van der Waals surface area contributed by atoms with Crippen LogP contribution in [0.15, 0.2) is 47.4 Å². The van der Waals surface area contributed by atoms with Crippen molar-refractivity contribution in [3.05, 3.63) is 58.1 Å². The first-order valence-electron chi connectivity index (χ1n) is 9.19. The molecule has 2 aromatic rings. The number of rotatable bonds is 6. The Balaban J connectivity index is 1.72. The van der Waals surface area contributed by atoms with Gasteiger partial charge < -0.3 is 4.90 Å². The van der Waals surface area contributed by atoms with Gasteiger partial charge >= 0.3 is 0 Å². The Labute approximate surface area is 187 Å². The first kappa shape index (κ1) is 23.3. The van der Waals surface area contributed by atoms with Crippen molar-refractivity contribution in [1.29, 1.82) is 0 Å². The van der Waals surface area contributed by atoms with Crippen molar-refractivity contribution in [2.75, 3.05) is 44.4 Å². The highest BCUT2D eigenvalue weighted by Gasteiger charge is 2.32. The van der Waals surface area contributed by atoms with Crippen LogP contribution in [0.2, 0.25) is 10.0 Å². The van der Waals surface area contributed by atoms with Crippen molar-refractivity contribution in [3.63, 3.8) is 0 Å². The Morgan fingerprint density at radius 3 is 2.07 bits per heavy atom. The fraction of sp³-hybridized carbons (Fsp3) is 0.368. The summed E-state index contributed by atoms with van der Waals surface area (Å²) < 4.78 is 52.0. The first-order chi connectivity index (χ1) is 14.0. The lowest BCUT2D eigenvalue weighted by molar-refractivity contribution is 0.385. The summed E-state index contributed by atoms with van der Waals surface area (Å²) in [6.45, 7) is 1.83. The van der Waals surface area contributed by atoms with Crippen LogP contribution in [0.25, 0.3) is 0 Å². The van der Waals surface area contributed by atoms with Crippen LogP contribution in [-0.2, 0) is 26.6 Å². The van der Waals surface area contributed by atoms with Gasteiger partial charge in [0, 0.05) is 45.5 Å². The SMILES string of the molecule is CN(Cc1cccc(N2CCN(S(=O)(=O)c3c(Cl)cccc3Cl)CC2)c1)S(C)(=O)=O. The smallest absolute Gasteiger partial charge is 0.246 e. The van der Waals surface area contributed by atoms with Crippen molar-refractivity contribution < 1.29 is 16.8 Å². The molecule has 0 radical (unpaired) electrons. The number of hydrogen-bond acceptors (Lipinski definition) is 5. The summed E-state index contributed by atoms with van der Waals surface area (Å²) in [7, 11) is -5.54. The van der Waals surface area contributed by atoms with Crippen molar-refractivity contribution in [2.24, 2.45) is 0 Å².